The van der Waals surface area contributed by atoms with Crippen molar-refractivity contribution in [3.63, 3.8) is 0 Å². The molecule has 0 saturated carbocycles. The van der Waals surface area contributed by atoms with Crippen LogP contribution in [-0.4, -0.2) is 51.2 Å². The van der Waals surface area contributed by atoms with Crippen LogP contribution in [0, 0.1) is 0 Å². The van der Waals surface area contributed by atoms with E-state index in [1.54, 1.807) is 0 Å². The molecule has 142 valence electrons. The van der Waals surface area contributed by atoms with Gasteiger partial charge in [0.1, 0.15) is 0 Å². The zero-order valence-electron chi connectivity index (χ0n) is 15.6. The van der Waals surface area contributed by atoms with E-state index in [2.05, 4.69) is 20.4 Å². The lowest BCUT2D eigenvalue weighted by Crippen LogP contribution is -2.37. The van der Waals surface area contributed by atoms with Crippen LogP contribution in [-0.2, 0) is 14.3 Å². The Balaban J connectivity index is 2.03. The zero-order chi connectivity index (χ0) is 18.5. The summed E-state index contributed by atoms with van der Waals surface area (Å²) in [6.07, 6.45) is 3.51. The van der Waals surface area contributed by atoms with E-state index in [0.29, 0.717) is 13.2 Å². The average molecular weight is 360 g/mol. The highest BCUT2D eigenvalue weighted by Gasteiger charge is 2.22. The molecular weight excluding hydrogens is 332 g/mol. The SMILES string of the molecule is CC(=O)Nc1cc(N2CCOCC2)c(NC(C)=O)cc1N1CCCCC1. The lowest BCUT2D eigenvalue weighted by molar-refractivity contribution is -0.115. The second kappa shape index (κ2) is 8.40. The lowest BCUT2D eigenvalue weighted by atomic mass is 10.1. The van der Waals surface area contributed by atoms with Crippen molar-refractivity contribution in [1.82, 2.24) is 0 Å². The molecule has 7 heteroatoms. The first kappa shape index (κ1) is 18.5. The molecule has 0 aromatic heterocycles. The van der Waals surface area contributed by atoms with Gasteiger partial charge < -0.3 is 25.2 Å². The van der Waals surface area contributed by atoms with Gasteiger partial charge in [-0.1, -0.05) is 0 Å². The van der Waals surface area contributed by atoms with Crippen LogP contribution >= 0.6 is 0 Å². The monoisotopic (exact) mass is 360 g/mol. The van der Waals surface area contributed by atoms with E-state index in [4.69, 9.17) is 4.74 Å². The summed E-state index contributed by atoms with van der Waals surface area (Å²) in [5.41, 5.74) is 3.48. The minimum Gasteiger partial charge on any atom is -0.378 e. The third kappa shape index (κ3) is 4.46. The highest BCUT2D eigenvalue weighted by atomic mass is 16.5. The summed E-state index contributed by atoms with van der Waals surface area (Å²) in [6.45, 7) is 7.80. The Morgan fingerprint density at radius 2 is 1.27 bits per heavy atom. The normalized spacial score (nSPS) is 17.8. The van der Waals surface area contributed by atoms with E-state index in [1.807, 2.05) is 12.1 Å². The zero-order valence-corrected chi connectivity index (χ0v) is 15.6. The number of rotatable bonds is 4. The maximum absolute atomic E-state index is 11.8. The molecule has 2 aliphatic heterocycles. The predicted molar refractivity (Wildman–Crippen MR) is 104 cm³/mol. The van der Waals surface area contributed by atoms with Gasteiger partial charge in [0.15, 0.2) is 0 Å². The fraction of sp³-hybridized carbons (Fsp3) is 0.579. The van der Waals surface area contributed by atoms with Crippen molar-refractivity contribution >= 4 is 34.6 Å². The minimum absolute atomic E-state index is 0.0940. The van der Waals surface area contributed by atoms with E-state index in [-0.39, 0.29) is 11.8 Å². The molecule has 0 atom stereocenters. The number of amides is 2. The summed E-state index contributed by atoms with van der Waals surface area (Å²) in [6, 6.07) is 3.99. The number of morpholine rings is 1. The average Bonchev–Trinajstić information content (AvgIpc) is 2.63. The van der Waals surface area contributed by atoms with Gasteiger partial charge in [0.25, 0.3) is 0 Å². The van der Waals surface area contributed by atoms with E-state index in [9.17, 15) is 9.59 Å². The van der Waals surface area contributed by atoms with Crippen LogP contribution in [0.15, 0.2) is 12.1 Å². The fourth-order valence-corrected chi connectivity index (χ4v) is 3.62. The van der Waals surface area contributed by atoms with Crippen LogP contribution in [0.3, 0.4) is 0 Å². The van der Waals surface area contributed by atoms with Crippen molar-refractivity contribution in [2.24, 2.45) is 0 Å². The van der Waals surface area contributed by atoms with Crippen molar-refractivity contribution in [3.8, 4) is 0 Å². The van der Waals surface area contributed by atoms with Gasteiger partial charge in [-0.05, 0) is 31.4 Å². The molecule has 0 unspecified atom stereocenters. The van der Waals surface area contributed by atoms with Crippen molar-refractivity contribution in [2.75, 3.05) is 59.8 Å². The second-order valence-electron chi connectivity index (χ2n) is 6.90. The van der Waals surface area contributed by atoms with Crippen LogP contribution in [0.4, 0.5) is 22.7 Å². The maximum atomic E-state index is 11.8. The summed E-state index contributed by atoms with van der Waals surface area (Å²) in [7, 11) is 0. The number of nitrogens with one attached hydrogen (secondary N) is 2. The number of benzene rings is 1. The molecular formula is C19H28N4O3. The number of ether oxygens (including phenoxy) is 1. The number of piperidine rings is 1. The Morgan fingerprint density at radius 1 is 0.808 bits per heavy atom. The van der Waals surface area contributed by atoms with Gasteiger partial charge in [-0.3, -0.25) is 9.59 Å². The van der Waals surface area contributed by atoms with Gasteiger partial charge in [0.2, 0.25) is 11.8 Å². The number of hydrogen-bond donors (Lipinski definition) is 2. The summed E-state index contributed by atoms with van der Waals surface area (Å²) in [5, 5.41) is 5.95. The Morgan fingerprint density at radius 3 is 1.73 bits per heavy atom. The molecule has 0 spiro atoms. The van der Waals surface area contributed by atoms with E-state index in [1.165, 1.54) is 20.3 Å². The highest BCUT2D eigenvalue weighted by molar-refractivity contribution is 5.99. The third-order valence-corrected chi connectivity index (χ3v) is 4.78. The minimum atomic E-state index is -0.101. The maximum Gasteiger partial charge on any atom is 0.221 e. The molecule has 2 aliphatic rings. The highest BCUT2D eigenvalue weighted by Crippen LogP contribution is 2.39. The van der Waals surface area contributed by atoms with Crippen LogP contribution in [0.25, 0.3) is 0 Å². The van der Waals surface area contributed by atoms with Gasteiger partial charge in [-0.2, -0.15) is 0 Å². The summed E-state index contributed by atoms with van der Waals surface area (Å²) in [5.74, 6) is -0.195. The van der Waals surface area contributed by atoms with Gasteiger partial charge in [-0.25, -0.2) is 0 Å². The standard InChI is InChI=1S/C19H28N4O3/c1-14(24)20-16-13-19(23-8-10-26-11-9-23)17(21-15(2)25)12-18(16)22-6-4-3-5-7-22/h12-13H,3-11H2,1-2H3,(H,20,24)(H,21,25). The van der Waals surface area contributed by atoms with Crippen LogP contribution < -0.4 is 20.4 Å². The van der Waals surface area contributed by atoms with E-state index in [0.717, 1.165) is 61.8 Å². The van der Waals surface area contributed by atoms with Gasteiger partial charge >= 0.3 is 0 Å². The Labute approximate surface area is 154 Å². The topological polar surface area (TPSA) is 73.9 Å². The van der Waals surface area contributed by atoms with Crippen molar-refractivity contribution < 1.29 is 14.3 Å². The van der Waals surface area contributed by atoms with Gasteiger partial charge in [0, 0.05) is 40.0 Å². The molecule has 1 aromatic carbocycles. The Kier molecular flexibility index (Phi) is 5.98. The number of anilines is 4. The molecule has 1 aromatic rings. The molecule has 3 rings (SSSR count). The Bertz CT molecular complexity index is 607. The summed E-state index contributed by atoms with van der Waals surface area (Å²) >= 11 is 0. The summed E-state index contributed by atoms with van der Waals surface area (Å²) < 4.78 is 5.45. The predicted octanol–water partition coefficient (Wildman–Crippen LogP) is 2.43. The lowest BCUT2D eigenvalue weighted by Gasteiger charge is -2.34. The number of carbonyl (C=O) groups excluding carboxylic acids is 2. The summed E-state index contributed by atoms with van der Waals surface area (Å²) in [4.78, 5) is 28.0. The smallest absolute Gasteiger partial charge is 0.221 e. The second-order valence-corrected chi connectivity index (χ2v) is 6.90. The molecule has 0 bridgehead atoms. The van der Waals surface area contributed by atoms with Crippen LogP contribution in [0.1, 0.15) is 33.1 Å². The molecule has 26 heavy (non-hydrogen) atoms. The van der Waals surface area contributed by atoms with Gasteiger partial charge in [-0.15, -0.1) is 0 Å². The number of carbonyl (C=O) groups is 2. The van der Waals surface area contributed by atoms with E-state index < -0.39 is 0 Å². The third-order valence-electron chi connectivity index (χ3n) is 4.78. The van der Waals surface area contributed by atoms with Crippen LogP contribution in [0.5, 0.6) is 0 Å². The molecule has 0 radical (unpaired) electrons. The molecule has 0 aliphatic carbocycles. The largest absolute Gasteiger partial charge is 0.378 e. The first-order valence-corrected chi connectivity index (χ1v) is 9.35. The molecule has 2 fully saturated rings. The number of nitrogens with zero attached hydrogens (tertiary/aromatic N) is 2. The molecule has 7 nitrogen and oxygen atoms in total. The molecule has 2 saturated heterocycles. The van der Waals surface area contributed by atoms with Crippen molar-refractivity contribution in [2.45, 2.75) is 33.1 Å². The quantitative estimate of drug-likeness (QED) is 0.863. The van der Waals surface area contributed by atoms with Crippen molar-refractivity contribution in [3.05, 3.63) is 12.1 Å². The molecule has 2 N–H and O–H groups in total. The fourth-order valence-electron chi connectivity index (χ4n) is 3.62. The Hall–Kier alpha value is -2.28. The van der Waals surface area contributed by atoms with Crippen LogP contribution in [0.2, 0.25) is 0 Å². The van der Waals surface area contributed by atoms with E-state index >= 15 is 0 Å². The van der Waals surface area contributed by atoms with Gasteiger partial charge in [0.05, 0.1) is 36.0 Å². The molecule has 2 amide bonds. The first-order chi connectivity index (χ1) is 12.5. The van der Waals surface area contributed by atoms with Crippen molar-refractivity contribution in [1.29, 1.82) is 0 Å². The molecule has 2 heterocycles. The number of hydrogen-bond acceptors (Lipinski definition) is 5. The first-order valence-electron chi connectivity index (χ1n) is 9.35.